The van der Waals surface area contributed by atoms with Crippen molar-refractivity contribution in [2.24, 2.45) is 0 Å². The molecule has 0 heterocycles. The van der Waals surface area contributed by atoms with E-state index in [0.717, 1.165) is 0 Å². The van der Waals surface area contributed by atoms with Crippen molar-refractivity contribution in [1.29, 1.82) is 0 Å². The molecule has 0 atom stereocenters. The van der Waals surface area contributed by atoms with E-state index < -0.39 is 12.1 Å². The van der Waals surface area contributed by atoms with E-state index in [2.05, 4.69) is 0 Å². The second-order valence-electron chi connectivity index (χ2n) is 2.10. The van der Waals surface area contributed by atoms with Gasteiger partial charge in [0.2, 0.25) is 0 Å². The molecular formula is C8H10MgO6. The van der Waals surface area contributed by atoms with Crippen LogP contribution in [0, 0.1) is 0 Å². The molecule has 0 aliphatic heterocycles. The second-order valence-corrected chi connectivity index (χ2v) is 2.10. The van der Waals surface area contributed by atoms with E-state index in [0.29, 0.717) is 0 Å². The first-order valence-corrected chi connectivity index (χ1v) is 3.38. The predicted molar refractivity (Wildman–Crippen MR) is 53.7 cm³/mol. The molecule has 0 saturated carbocycles. The van der Waals surface area contributed by atoms with Gasteiger partial charge >= 0.3 is 35.2 Å². The topological polar surface area (TPSA) is 115 Å². The minimum absolute atomic E-state index is 0. The maximum Gasteiger partial charge on any atom is 2.00 e. The number of benzene rings is 1. The van der Waals surface area contributed by atoms with E-state index in [1.54, 1.807) is 12.1 Å². The van der Waals surface area contributed by atoms with Crippen molar-refractivity contribution in [3.05, 3.63) is 29.8 Å². The summed E-state index contributed by atoms with van der Waals surface area (Å²) in [4.78, 5) is 18.8. The average Bonchev–Trinajstić information content (AvgIpc) is 2.03. The van der Waals surface area contributed by atoms with Gasteiger partial charge in [0.1, 0.15) is 11.3 Å². The van der Waals surface area contributed by atoms with Crippen molar-refractivity contribution < 1.29 is 32.9 Å². The Morgan fingerprint density at radius 1 is 1.07 bits per heavy atom. The van der Waals surface area contributed by atoms with Gasteiger partial charge < -0.3 is 23.3 Å². The smallest absolute Gasteiger partial charge is 1.00 e. The van der Waals surface area contributed by atoms with Crippen LogP contribution < -0.4 is 0 Å². The molecule has 1 aromatic rings. The van der Waals surface area contributed by atoms with Crippen molar-refractivity contribution in [2.45, 2.75) is 0 Å². The van der Waals surface area contributed by atoms with E-state index in [-0.39, 0.29) is 37.2 Å². The summed E-state index contributed by atoms with van der Waals surface area (Å²) in [6, 6.07) is 5.81. The number of para-hydroxylation sites is 1. The molecule has 7 heteroatoms. The van der Waals surface area contributed by atoms with Crippen molar-refractivity contribution in [1.82, 2.24) is 0 Å². The van der Waals surface area contributed by atoms with E-state index in [9.17, 15) is 4.79 Å². The number of phenols is 1. The van der Waals surface area contributed by atoms with Crippen LogP contribution >= 0.6 is 0 Å². The van der Waals surface area contributed by atoms with Crippen molar-refractivity contribution in [3.63, 3.8) is 0 Å². The van der Waals surface area contributed by atoms with Crippen molar-refractivity contribution in [2.75, 3.05) is 0 Å². The first kappa shape index (κ1) is 16.0. The average molecular weight is 226 g/mol. The van der Waals surface area contributed by atoms with Gasteiger partial charge in [-0.3, -0.25) is 0 Å². The number of carboxylic acids is 1. The van der Waals surface area contributed by atoms with Crippen LogP contribution in [0.5, 0.6) is 5.75 Å². The Kier molecular flexibility index (Phi) is 8.40. The summed E-state index contributed by atoms with van der Waals surface area (Å²) >= 11 is 0. The summed E-state index contributed by atoms with van der Waals surface area (Å²) in [6.07, 6.45) is -1.83. The number of carboxylic acid groups (broad SMARTS) is 3. The van der Waals surface area contributed by atoms with E-state index in [1.807, 2.05) is 0 Å². The molecule has 0 bridgehead atoms. The maximum absolute atomic E-state index is 10.3. The number of rotatable bonds is 1. The Morgan fingerprint density at radius 3 is 1.73 bits per heavy atom. The minimum atomic E-state index is -1.83. The molecule has 0 aromatic heterocycles. The van der Waals surface area contributed by atoms with Crippen molar-refractivity contribution in [3.8, 4) is 5.75 Å². The van der Waals surface area contributed by atoms with Crippen LogP contribution in [0.2, 0.25) is 0 Å². The third-order valence-corrected chi connectivity index (χ3v) is 1.13. The molecule has 0 spiro atoms. The third-order valence-electron chi connectivity index (χ3n) is 1.13. The standard InChI is InChI=1S/C7H6O3.CH2O3.Mg.2H/c8-6-4-2-1-3-5(6)7(9)10;2-1(3)4;;;/h1-4,8H,(H,9,10);(H2,2,3,4);;;/q;;+2;2*-1. The first-order valence-electron chi connectivity index (χ1n) is 3.38. The Balaban J connectivity index is -0.000000108. The SMILES string of the molecule is O=C(O)O.O=C(O)c1ccccc1O.[H-].[H-].[Mg+2]. The van der Waals surface area contributed by atoms with Gasteiger partial charge in [-0.25, -0.2) is 9.59 Å². The molecule has 0 aliphatic rings. The summed E-state index contributed by atoms with van der Waals surface area (Å²) in [5, 5.41) is 31.3. The zero-order valence-corrected chi connectivity index (χ0v) is 9.04. The molecule has 0 aliphatic carbocycles. The fourth-order valence-corrected chi connectivity index (χ4v) is 0.654. The summed E-state index contributed by atoms with van der Waals surface area (Å²) in [5.41, 5.74) is -0.0671. The van der Waals surface area contributed by atoms with E-state index in [4.69, 9.17) is 25.2 Å². The van der Waals surface area contributed by atoms with Gasteiger partial charge in [0, 0.05) is 0 Å². The number of carbonyl (C=O) groups is 2. The molecule has 1 rings (SSSR count). The first-order chi connectivity index (χ1) is 6.45. The molecule has 0 saturated heterocycles. The molecule has 80 valence electrons. The third kappa shape index (κ3) is 7.59. The molecule has 0 radical (unpaired) electrons. The van der Waals surface area contributed by atoms with Crippen LogP contribution in [0.3, 0.4) is 0 Å². The fourth-order valence-electron chi connectivity index (χ4n) is 0.654. The van der Waals surface area contributed by atoms with Crippen LogP contribution in [0.15, 0.2) is 24.3 Å². The molecular weight excluding hydrogens is 216 g/mol. The quantitative estimate of drug-likeness (QED) is 0.534. The van der Waals surface area contributed by atoms with E-state index in [1.165, 1.54) is 12.1 Å². The number of aromatic hydroxyl groups is 1. The second kappa shape index (κ2) is 7.89. The van der Waals surface area contributed by atoms with Crippen LogP contribution in [0.1, 0.15) is 13.2 Å². The van der Waals surface area contributed by atoms with Crippen LogP contribution in [-0.2, 0) is 0 Å². The fraction of sp³-hybridized carbons (Fsp3) is 0. The number of hydrogen-bond acceptors (Lipinski definition) is 3. The van der Waals surface area contributed by atoms with Gasteiger partial charge in [-0.1, -0.05) is 12.1 Å². The minimum Gasteiger partial charge on any atom is -1.00 e. The predicted octanol–water partition coefficient (Wildman–Crippen LogP) is 1.16. The summed E-state index contributed by atoms with van der Waals surface area (Å²) in [6.45, 7) is 0. The molecule has 0 fully saturated rings. The Bertz CT molecular complexity index is 343. The monoisotopic (exact) mass is 226 g/mol. The van der Waals surface area contributed by atoms with E-state index >= 15 is 0 Å². The van der Waals surface area contributed by atoms with Gasteiger partial charge in [-0.2, -0.15) is 0 Å². The summed E-state index contributed by atoms with van der Waals surface area (Å²) in [5.74, 6) is -1.31. The van der Waals surface area contributed by atoms with Gasteiger partial charge in [0.25, 0.3) is 0 Å². The number of aromatic carboxylic acids is 1. The molecule has 0 unspecified atom stereocenters. The molecule has 6 nitrogen and oxygen atoms in total. The molecule has 0 amide bonds. The van der Waals surface area contributed by atoms with Gasteiger partial charge in [-0.05, 0) is 12.1 Å². The van der Waals surface area contributed by atoms with Gasteiger partial charge in [0.05, 0.1) is 0 Å². The largest absolute Gasteiger partial charge is 2.00 e. The summed E-state index contributed by atoms with van der Waals surface area (Å²) < 4.78 is 0. The van der Waals surface area contributed by atoms with Gasteiger partial charge in [-0.15, -0.1) is 0 Å². The van der Waals surface area contributed by atoms with Gasteiger partial charge in [0.15, 0.2) is 0 Å². The summed E-state index contributed by atoms with van der Waals surface area (Å²) in [7, 11) is 0. The Hall–Kier alpha value is -1.47. The molecule has 1 aromatic carbocycles. The zero-order chi connectivity index (χ0) is 11.1. The van der Waals surface area contributed by atoms with Crippen LogP contribution in [0.4, 0.5) is 4.79 Å². The number of hydrogen-bond donors (Lipinski definition) is 4. The maximum atomic E-state index is 10.3. The zero-order valence-electron chi connectivity index (χ0n) is 9.62. The Morgan fingerprint density at radius 2 is 1.47 bits per heavy atom. The van der Waals surface area contributed by atoms with Crippen molar-refractivity contribution >= 4 is 35.2 Å². The normalized spacial score (nSPS) is 7.73. The van der Waals surface area contributed by atoms with Crippen LogP contribution in [0.25, 0.3) is 0 Å². The van der Waals surface area contributed by atoms with Crippen LogP contribution in [-0.4, -0.2) is 55.6 Å². The molecule has 15 heavy (non-hydrogen) atoms. The Labute approximate surface area is 104 Å². The molecule has 4 N–H and O–H groups in total.